The van der Waals surface area contributed by atoms with Crippen molar-refractivity contribution in [2.75, 3.05) is 0 Å². The van der Waals surface area contributed by atoms with Crippen molar-refractivity contribution in [1.29, 1.82) is 0 Å². The largest absolute Gasteiger partial charge is 0.437 e. The summed E-state index contributed by atoms with van der Waals surface area (Å²) in [5.74, 6) is 1.66. The minimum atomic E-state index is 0.00399. The minimum absolute atomic E-state index is 0.00399. The van der Waals surface area contributed by atoms with Gasteiger partial charge in [0.15, 0.2) is 0 Å². The molecule has 0 aliphatic carbocycles. The highest BCUT2D eigenvalue weighted by molar-refractivity contribution is 6.16. The topological polar surface area (TPSA) is 35.0 Å². The Balaban J connectivity index is 2.34. The summed E-state index contributed by atoms with van der Waals surface area (Å²) in [7, 11) is 0. The fourth-order valence-electron chi connectivity index (χ4n) is 2.06. The highest BCUT2D eigenvalue weighted by Gasteiger charge is 2.20. The van der Waals surface area contributed by atoms with Crippen molar-refractivity contribution >= 4 is 11.6 Å². The summed E-state index contributed by atoms with van der Waals surface area (Å²) in [6.45, 7) is 8.68. The number of alkyl halides is 1. The SMILES string of the molecule is CCc1ccc(Oc2ccc(CCl)nn2)c(C(C)(C)C)c1. The second-order valence-electron chi connectivity index (χ2n) is 6.03. The highest BCUT2D eigenvalue weighted by Crippen LogP contribution is 2.34. The van der Waals surface area contributed by atoms with E-state index in [9.17, 15) is 0 Å². The monoisotopic (exact) mass is 304 g/mol. The molecule has 0 amide bonds. The fourth-order valence-corrected chi connectivity index (χ4v) is 2.20. The molecule has 0 saturated carbocycles. The molecule has 0 aliphatic rings. The molecule has 2 rings (SSSR count). The maximum atomic E-state index is 5.92. The smallest absolute Gasteiger partial charge is 0.238 e. The number of ether oxygens (including phenoxy) is 1. The van der Waals surface area contributed by atoms with Crippen molar-refractivity contribution in [2.24, 2.45) is 0 Å². The molecule has 112 valence electrons. The van der Waals surface area contributed by atoms with Gasteiger partial charge in [0.2, 0.25) is 5.88 Å². The molecule has 0 aliphatic heterocycles. The lowest BCUT2D eigenvalue weighted by atomic mass is 9.85. The first kappa shape index (κ1) is 15.8. The summed E-state index contributed by atoms with van der Waals surface area (Å²) in [5.41, 5.74) is 3.21. The van der Waals surface area contributed by atoms with Crippen LogP contribution in [0.3, 0.4) is 0 Å². The van der Waals surface area contributed by atoms with Gasteiger partial charge in [-0.25, -0.2) is 0 Å². The fraction of sp³-hybridized carbons (Fsp3) is 0.412. The third-order valence-corrected chi connectivity index (χ3v) is 3.58. The molecule has 4 heteroatoms. The number of hydrogen-bond acceptors (Lipinski definition) is 3. The maximum absolute atomic E-state index is 5.92. The minimum Gasteiger partial charge on any atom is -0.437 e. The van der Waals surface area contributed by atoms with E-state index < -0.39 is 0 Å². The van der Waals surface area contributed by atoms with Crippen LogP contribution in [0.1, 0.15) is 44.5 Å². The molecule has 0 atom stereocenters. The van der Waals surface area contributed by atoms with Gasteiger partial charge in [0.1, 0.15) is 5.75 Å². The number of nitrogens with zero attached hydrogens (tertiary/aromatic N) is 2. The summed E-state index contributed by atoms with van der Waals surface area (Å²) >= 11 is 5.71. The van der Waals surface area contributed by atoms with Gasteiger partial charge in [-0.05, 0) is 29.5 Å². The number of rotatable bonds is 4. The Kier molecular flexibility index (Phi) is 4.84. The number of halogens is 1. The van der Waals surface area contributed by atoms with Crippen molar-refractivity contribution in [3.05, 3.63) is 47.2 Å². The summed E-state index contributed by atoms with van der Waals surface area (Å²) in [6.07, 6.45) is 1.01. The van der Waals surface area contributed by atoms with E-state index in [-0.39, 0.29) is 5.41 Å². The molecule has 21 heavy (non-hydrogen) atoms. The molecule has 0 N–H and O–H groups in total. The second kappa shape index (κ2) is 6.44. The third kappa shape index (κ3) is 3.94. The molecule has 0 saturated heterocycles. The Morgan fingerprint density at radius 1 is 1.10 bits per heavy atom. The Morgan fingerprint density at radius 2 is 1.86 bits per heavy atom. The van der Waals surface area contributed by atoms with E-state index in [1.807, 2.05) is 12.1 Å². The van der Waals surface area contributed by atoms with Crippen molar-refractivity contribution in [1.82, 2.24) is 10.2 Å². The Bertz CT molecular complexity index is 603. The Morgan fingerprint density at radius 3 is 2.38 bits per heavy atom. The number of aryl methyl sites for hydroxylation is 1. The summed E-state index contributed by atoms with van der Waals surface area (Å²) in [4.78, 5) is 0. The van der Waals surface area contributed by atoms with Gasteiger partial charge in [0.05, 0.1) is 11.6 Å². The van der Waals surface area contributed by atoms with Crippen molar-refractivity contribution in [3.8, 4) is 11.6 Å². The summed E-state index contributed by atoms with van der Waals surface area (Å²) in [5, 5.41) is 8.07. The molecule has 2 aromatic rings. The predicted molar refractivity (Wildman–Crippen MR) is 86.2 cm³/mol. The lowest BCUT2D eigenvalue weighted by molar-refractivity contribution is 0.433. The Labute approximate surface area is 131 Å². The molecule has 0 bridgehead atoms. The standard InChI is InChI=1S/C17H21ClN2O/c1-5-12-6-8-15(14(10-12)17(2,3)4)21-16-9-7-13(11-18)19-20-16/h6-10H,5,11H2,1-4H3. The van der Waals surface area contributed by atoms with Gasteiger partial charge in [-0.2, -0.15) is 5.10 Å². The van der Waals surface area contributed by atoms with Crippen LogP contribution in [0.4, 0.5) is 0 Å². The second-order valence-corrected chi connectivity index (χ2v) is 6.30. The van der Waals surface area contributed by atoms with Crippen LogP contribution in [0.2, 0.25) is 0 Å². The number of hydrogen-bond donors (Lipinski definition) is 0. The van der Waals surface area contributed by atoms with Crippen molar-refractivity contribution < 1.29 is 4.74 Å². The van der Waals surface area contributed by atoms with E-state index in [1.165, 1.54) is 11.1 Å². The van der Waals surface area contributed by atoms with Crippen LogP contribution < -0.4 is 4.74 Å². The van der Waals surface area contributed by atoms with Gasteiger partial charge in [0, 0.05) is 11.6 Å². The van der Waals surface area contributed by atoms with Crippen LogP contribution in [0.25, 0.3) is 0 Å². The van der Waals surface area contributed by atoms with Gasteiger partial charge in [-0.3, -0.25) is 0 Å². The quantitative estimate of drug-likeness (QED) is 0.756. The van der Waals surface area contributed by atoms with E-state index in [4.69, 9.17) is 16.3 Å². The van der Waals surface area contributed by atoms with Crippen LogP contribution in [0, 0.1) is 0 Å². The molecule has 1 heterocycles. The van der Waals surface area contributed by atoms with E-state index >= 15 is 0 Å². The average molecular weight is 305 g/mol. The first-order valence-corrected chi connectivity index (χ1v) is 7.67. The van der Waals surface area contributed by atoms with Crippen molar-refractivity contribution in [3.63, 3.8) is 0 Å². The van der Waals surface area contributed by atoms with Crippen LogP contribution in [-0.4, -0.2) is 10.2 Å². The number of aromatic nitrogens is 2. The van der Waals surface area contributed by atoms with E-state index in [2.05, 4.69) is 50.0 Å². The molecule has 0 radical (unpaired) electrons. The Hall–Kier alpha value is -1.61. The highest BCUT2D eigenvalue weighted by atomic mass is 35.5. The van der Waals surface area contributed by atoms with Gasteiger partial charge in [0.25, 0.3) is 0 Å². The normalized spacial score (nSPS) is 11.5. The van der Waals surface area contributed by atoms with Gasteiger partial charge in [-0.15, -0.1) is 16.7 Å². The summed E-state index contributed by atoms with van der Waals surface area (Å²) in [6, 6.07) is 9.93. The van der Waals surface area contributed by atoms with E-state index in [0.717, 1.165) is 17.9 Å². The molecular formula is C17H21ClN2O. The lowest BCUT2D eigenvalue weighted by Crippen LogP contribution is -2.13. The molecule has 0 fully saturated rings. The molecule has 0 spiro atoms. The molecule has 0 unspecified atom stereocenters. The summed E-state index contributed by atoms with van der Waals surface area (Å²) < 4.78 is 5.92. The van der Waals surface area contributed by atoms with Crippen LogP contribution in [0.15, 0.2) is 30.3 Å². The third-order valence-electron chi connectivity index (χ3n) is 3.31. The zero-order chi connectivity index (χ0) is 15.5. The van der Waals surface area contributed by atoms with Gasteiger partial charge >= 0.3 is 0 Å². The first-order valence-electron chi connectivity index (χ1n) is 7.14. The van der Waals surface area contributed by atoms with Crippen molar-refractivity contribution in [2.45, 2.75) is 45.4 Å². The zero-order valence-corrected chi connectivity index (χ0v) is 13.7. The van der Waals surface area contributed by atoms with Crippen LogP contribution in [-0.2, 0) is 17.7 Å². The molecule has 3 nitrogen and oxygen atoms in total. The van der Waals surface area contributed by atoms with E-state index in [0.29, 0.717) is 11.8 Å². The van der Waals surface area contributed by atoms with Crippen LogP contribution in [0.5, 0.6) is 11.6 Å². The average Bonchev–Trinajstić information content (AvgIpc) is 2.47. The predicted octanol–water partition coefficient (Wildman–Crippen LogP) is 4.87. The van der Waals surface area contributed by atoms with E-state index in [1.54, 1.807) is 6.07 Å². The number of benzene rings is 1. The first-order chi connectivity index (χ1) is 9.94. The lowest BCUT2D eigenvalue weighted by Gasteiger charge is -2.23. The zero-order valence-electron chi connectivity index (χ0n) is 13.0. The molecule has 1 aromatic carbocycles. The molecule has 1 aromatic heterocycles. The van der Waals surface area contributed by atoms with Gasteiger partial charge in [-0.1, -0.05) is 39.8 Å². The van der Waals surface area contributed by atoms with Crippen LogP contribution >= 0.6 is 11.6 Å². The molecular weight excluding hydrogens is 284 g/mol. The van der Waals surface area contributed by atoms with Gasteiger partial charge < -0.3 is 4.74 Å². The maximum Gasteiger partial charge on any atom is 0.238 e.